The molecule has 0 unspecified atom stereocenters. The Morgan fingerprint density at radius 2 is 1.88 bits per heavy atom. The summed E-state index contributed by atoms with van der Waals surface area (Å²) in [5.74, 6) is 0. The lowest BCUT2D eigenvalue weighted by Crippen LogP contribution is -2.22. The fourth-order valence-electron chi connectivity index (χ4n) is 2.61. The van der Waals surface area contributed by atoms with Crippen molar-refractivity contribution in [1.82, 2.24) is 9.71 Å². The molecule has 5 nitrogen and oxygen atoms in total. The molecule has 0 spiro atoms. The standard InChI is InChI=1S/C17H14BrClN2O3S/c1-10-6-14(19)8-15-12(9-20-25(22,23)24)7-16(21-17(10)15)11-2-4-13(18)5-3-11/h2-8,20H,9H2,1H3,(H,22,23,24). The first kappa shape index (κ1) is 18.3. The second kappa shape index (κ2) is 7.01. The van der Waals surface area contributed by atoms with Crippen LogP contribution in [0.2, 0.25) is 5.02 Å². The normalized spacial score (nSPS) is 11.8. The third kappa shape index (κ3) is 4.37. The van der Waals surface area contributed by atoms with Gasteiger partial charge in [-0.3, -0.25) is 4.55 Å². The summed E-state index contributed by atoms with van der Waals surface area (Å²) < 4.78 is 34.2. The summed E-state index contributed by atoms with van der Waals surface area (Å²) in [7, 11) is -4.30. The molecule has 2 aromatic carbocycles. The number of aryl methyl sites for hydroxylation is 1. The van der Waals surface area contributed by atoms with Crippen LogP contribution in [-0.4, -0.2) is 18.0 Å². The van der Waals surface area contributed by atoms with E-state index in [4.69, 9.17) is 21.1 Å². The van der Waals surface area contributed by atoms with Gasteiger partial charge in [0.1, 0.15) is 0 Å². The smallest absolute Gasteiger partial charge is 0.273 e. The predicted molar refractivity (Wildman–Crippen MR) is 103 cm³/mol. The second-order valence-electron chi connectivity index (χ2n) is 5.59. The summed E-state index contributed by atoms with van der Waals surface area (Å²) in [5, 5.41) is 1.28. The first-order valence-electron chi connectivity index (χ1n) is 7.31. The van der Waals surface area contributed by atoms with Crippen molar-refractivity contribution in [2.45, 2.75) is 13.5 Å². The molecular weight excluding hydrogens is 428 g/mol. The van der Waals surface area contributed by atoms with Crippen LogP contribution in [0.15, 0.2) is 46.9 Å². The summed E-state index contributed by atoms with van der Waals surface area (Å²) in [6.45, 7) is 1.83. The number of pyridine rings is 1. The Balaban J connectivity index is 2.21. The number of fused-ring (bicyclic) bond motifs is 1. The quantitative estimate of drug-likeness (QED) is 0.584. The average Bonchev–Trinajstić information content (AvgIpc) is 2.53. The van der Waals surface area contributed by atoms with E-state index < -0.39 is 10.3 Å². The zero-order chi connectivity index (χ0) is 18.2. The fraction of sp³-hybridized carbons (Fsp3) is 0.118. The molecule has 130 valence electrons. The molecule has 0 saturated heterocycles. The third-order valence-electron chi connectivity index (χ3n) is 3.74. The van der Waals surface area contributed by atoms with Gasteiger partial charge in [-0.05, 0) is 48.4 Å². The number of nitrogens with zero attached hydrogens (tertiary/aromatic N) is 1. The maximum Gasteiger partial charge on any atom is 0.333 e. The first-order chi connectivity index (χ1) is 11.7. The Hall–Kier alpha value is -1.51. The number of nitrogens with one attached hydrogen (secondary N) is 1. The van der Waals surface area contributed by atoms with Gasteiger partial charge in [-0.1, -0.05) is 39.7 Å². The van der Waals surface area contributed by atoms with Crippen LogP contribution in [-0.2, 0) is 16.8 Å². The molecule has 0 aliphatic carbocycles. The molecule has 2 N–H and O–H groups in total. The largest absolute Gasteiger partial charge is 0.333 e. The lowest BCUT2D eigenvalue weighted by molar-refractivity contribution is 0.467. The minimum absolute atomic E-state index is 0.0683. The van der Waals surface area contributed by atoms with Crippen LogP contribution in [0.3, 0.4) is 0 Å². The molecule has 1 aromatic heterocycles. The Morgan fingerprint density at radius 3 is 2.52 bits per heavy atom. The molecule has 0 aliphatic rings. The van der Waals surface area contributed by atoms with Crippen LogP contribution in [0, 0.1) is 6.92 Å². The van der Waals surface area contributed by atoms with Crippen LogP contribution in [0.5, 0.6) is 0 Å². The monoisotopic (exact) mass is 440 g/mol. The molecule has 0 bridgehead atoms. The Kier molecular flexibility index (Phi) is 5.13. The third-order valence-corrected chi connectivity index (χ3v) is 5.00. The highest BCUT2D eigenvalue weighted by molar-refractivity contribution is 9.10. The van der Waals surface area contributed by atoms with Gasteiger partial charge in [0.25, 0.3) is 0 Å². The lowest BCUT2D eigenvalue weighted by atomic mass is 10.0. The highest BCUT2D eigenvalue weighted by Crippen LogP contribution is 2.30. The summed E-state index contributed by atoms with van der Waals surface area (Å²) in [6.07, 6.45) is 0. The number of aromatic nitrogens is 1. The van der Waals surface area contributed by atoms with Gasteiger partial charge in [-0.15, -0.1) is 0 Å². The molecule has 3 aromatic rings. The van der Waals surface area contributed by atoms with Crippen molar-refractivity contribution in [1.29, 1.82) is 0 Å². The molecule has 1 heterocycles. The van der Waals surface area contributed by atoms with Crippen LogP contribution in [0.1, 0.15) is 11.1 Å². The Morgan fingerprint density at radius 1 is 1.20 bits per heavy atom. The topological polar surface area (TPSA) is 79.3 Å². The van der Waals surface area contributed by atoms with Crippen molar-refractivity contribution in [2.75, 3.05) is 0 Å². The van der Waals surface area contributed by atoms with Crippen molar-refractivity contribution < 1.29 is 13.0 Å². The number of hydrogen-bond donors (Lipinski definition) is 2. The predicted octanol–water partition coefficient (Wildman–Crippen LogP) is 4.52. The summed E-state index contributed by atoms with van der Waals surface area (Å²) >= 11 is 9.54. The summed E-state index contributed by atoms with van der Waals surface area (Å²) in [5.41, 5.74) is 3.89. The van der Waals surface area contributed by atoms with E-state index in [1.807, 2.05) is 37.3 Å². The van der Waals surface area contributed by atoms with Crippen molar-refractivity contribution in [3.63, 3.8) is 0 Å². The molecule has 0 radical (unpaired) electrons. The average molecular weight is 442 g/mol. The van der Waals surface area contributed by atoms with E-state index in [1.54, 1.807) is 12.1 Å². The van der Waals surface area contributed by atoms with Crippen molar-refractivity contribution in [3.8, 4) is 11.3 Å². The first-order valence-corrected chi connectivity index (χ1v) is 9.92. The zero-order valence-corrected chi connectivity index (χ0v) is 16.3. The van der Waals surface area contributed by atoms with Gasteiger partial charge in [0.2, 0.25) is 0 Å². The van der Waals surface area contributed by atoms with Gasteiger partial charge < -0.3 is 0 Å². The summed E-state index contributed by atoms with van der Waals surface area (Å²) in [4.78, 5) is 4.71. The van der Waals surface area contributed by atoms with E-state index in [1.165, 1.54) is 0 Å². The van der Waals surface area contributed by atoms with Crippen molar-refractivity contribution in [2.24, 2.45) is 0 Å². The fourth-order valence-corrected chi connectivity index (χ4v) is 3.48. The van der Waals surface area contributed by atoms with E-state index in [0.29, 0.717) is 16.3 Å². The number of halogens is 2. The van der Waals surface area contributed by atoms with E-state index in [9.17, 15) is 8.42 Å². The molecule has 25 heavy (non-hydrogen) atoms. The molecule has 0 fully saturated rings. The Labute approximate surface area is 159 Å². The van der Waals surface area contributed by atoms with Crippen LogP contribution < -0.4 is 4.72 Å². The molecule has 0 atom stereocenters. The van der Waals surface area contributed by atoms with Gasteiger partial charge in [0.05, 0.1) is 11.2 Å². The maximum atomic E-state index is 11.1. The molecule has 8 heteroatoms. The minimum atomic E-state index is -4.30. The summed E-state index contributed by atoms with van der Waals surface area (Å²) in [6, 6.07) is 13.0. The Bertz CT molecular complexity index is 1050. The van der Waals surface area contributed by atoms with Crippen molar-refractivity contribution in [3.05, 3.63) is 63.1 Å². The highest BCUT2D eigenvalue weighted by atomic mass is 79.9. The van der Waals surface area contributed by atoms with Gasteiger partial charge in [-0.2, -0.15) is 13.1 Å². The van der Waals surface area contributed by atoms with Crippen LogP contribution in [0.4, 0.5) is 0 Å². The number of rotatable bonds is 4. The van der Waals surface area contributed by atoms with Crippen molar-refractivity contribution >= 4 is 48.7 Å². The molecule has 0 amide bonds. The zero-order valence-electron chi connectivity index (χ0n) is 13.1. The molecule has 0 saturated carbocycles. The van der Waals surface area contributed by atoms with E-state index in [-0.39, 0.29) is 6.54 Å². The van der Waals surface area contributed by atoms with E-state index >= 15 is 0 Å². The van der Waals surface area contributed by atoms with Gasteiger partial charge >= 0.3 is 10.3 Å². The number of benzene rings is 2. The van der Waals surface area contributed by atoms with Gasteiger partial charge in [0, 0.05) is 27.0 Å². The maximum absolute atomic E-state index is 11.1. The van der Waals surface area contributed by atoms with Crippen LogP contribution >= 0.6 is 27.5 Å². The number of hydrogen-bond acceptors (Lipinski definition) is 3. The van der Waals surface area contributed by atoms with Crippen LogP contribution in [0.25, 0.3) is 22.2 Å². The lowest BCUT2D eigenvalue weighted by Gasteiger charge is -2.12. The van der Waals surface area contributed by atoms with Gasteiger partial charge in [0.15, 0.2) is 0 Å². The molecule has 0 aliphatic heterocycles. The highest BCUT2D eigenvalue weighted by Gasteiger charge is 2.13. The molecular formula is C17H14BrClN2O3S. The van der Waals surface area contributed by atoms with E-state index in [0.717, 1.165) is 26.5 Å². The second-order valence-corrected chi connectivity index (χ2v) is 8.18. The van der Waals surface area contributed by atoms with Gasteiger partial charge in [-0.25, -0.2) is 4.98 Å². The SMILES string of the molecule is Cc1cc(Cl)cc2c(CNS(=O)(=O)O)cc(-c3ccc(Br)cc3)nc12. The van der Waals surface area contributed by atoms with E-state index in [2.05, 4.69) is 20.7 Å². The molecule has 3 rings (SSSR count). The minimum Gasteiger partial charge on any atom is -0.273 e.